The summed E-state index contributed by atoms with van der Waals surface area (Å²) in [5.74, 6) is -0.534. The van der Waals surface area contributed by atoms with Gasteiger partial charge in [0, 0.05) is 5.41 Å². The van der Waals surface area contributed by atoms with Gasteiger partial charge >= 0.3 is 0 Å². The summed E-state index contributed by atoms with van der Waals surface area (Å²) in [7, 11) is -1.22. The fraction of sp³-hybridized carbons (Fsp3) is 0. The molecule has 2 heterocycles. The van der Waals surface area contributed by atoms with Crippen molar-refractivity contribution in [3.8, 4) is 5.75 Å². The maximum atomic E-state index is 11.9. The van der Waals surface area contributed by atoms with Gasteiger partial charge in [-0.3, -0.25) is 10.1 Å². The molecular formula is C12H8N2O3S2. The zero-order valence-corrected chi connectivity index (χ0v) is 11.1. The van der Waals surface area contributed by atoms with Crippen LogP contribution in [-0.4, -0.2) is 20.2 Å². The topological polar surface area (TPSA) is 79.3 Å². The van der Waals surface area contributed by atoms with E-state index in [2.05, 4.69) is 10.3 Å². The summed E-state index contributed by atoms with van der Waals surface area (Å²) in [4.78, 5) is 16.8. The molecular weight excluding hydrogens is 284 g/mol. The largest absolute Gasteiger partial charge is 0.507 e. The van der Waals surface area contributed by atoms with Crippen LogP contribution in [0.15, 0.2) is 34.7 Å². The Bertz CT molecular complexity index is 722. The fourth-order valence-corrected chi connectivity index (χ4v) is 3.75. The molecule has 5 nitrogen and oxygen atoms in total. The Kier molecular flexibility index (Phi) is 2.92. The van der Waals surface area contributed by atoms with Crippen molar-refractivity contribution >= 4 is 39.3 Å². The highest BCUT2D eigenvalue weighted by atomic mass is 32.2. The molecule has 0 aliphatic carbocycles. The SMILES string of the molecule is O=C(Nc1nc2c(s1)C=CS2=O)c1ccccc1O. The predicted molar refractivity (Wildman–Crippen MR) is 73.6 cm³/mol. The van der Waals surface area contributed by atoms with Crippen LogP contribution in [0.25, 0.3) is 6.08 Å². The molecule has 0 saturated carbocycles. The highest BCUT2D eigenvalue weighted by molar-refractivity contribution is 7.88. The lowest BCUT2D eigenvalue weighted by Crippen LogP contribution is -2.11. The van der Waals surface area contributed by atoms with Crippen molar-refractivity contribution < 1.29 is 14.1 Å². The van der Waals surface area contributed by atoms with Crippen molar-refractivity contribution in [3.05, 3.63) is 40.1 Å². The molecule has 19 heavy (non-hydrogen) atoms. The number of anilines is 1. The minimum absolute atomic E-state index is 0.0902. The maximum Gasteiger partial charge on any atom is 0.261 e. The molecule has 0 saturated heterocycles. The number of para-hydroxylation sites is 1. The average molecular weight is 292 g/mol. The number of hydrogen-bond donors (Lipinski definition) is 2. The van der Waals surface area contributed by atoms with E-state index in [9.17, 15) is 14.1 Å². The predicted octanol–water partition coefficient (Wildman–Crippen LogP) is 2.19. The van der Waals surface area contributed by atoms with Crippen LogP contribution in [0.5, 0.6) is 5.75 Å². The highest BCUT2D eigenvalue weighted by Gasteiger charge is 2.20. The summed E-state index contributed by atoms with van der Waals surface area (Å²) in [5, 5.41) is 14.6. The molecule has 1 unspecified atom stereocenters. The van der Waals surface area contributed by atoms with Crippen molar-refractivity contribution in [1.29, 1.82) is 0 Å². The number of benzene rings is 1. The molecule has 0 spiro atoms. The second kappa shape index (κ2) is 4.60. The van der Waals surface area contributed by atoms with Crippen LogP contribution >= 0.6 is 11.3 Å². The molecule has 1 aliphatic heterocycles. The van der Waals surface area contributed by atoms with Gasteiger partial charge in [-0.15, -0.1) is 0 Å². The zero-order valence-electron chi connectivity index (χ0n) is 9.49. The monoisotopic (exact) mass is 292 g/mol. The number of hydrogen-bond acceptors (Lipinski definition) is 5. The second-order valence-electron chi connectivity index (χ2n) is 3.76. The molecule has 1 aromatic carbocycles. The number of amides is 1. The Morgan fingerprint density at radius 1 is 1.37 bits per heavy atom. The lowest BCUT2D eigenvalue weighted by molar-refractivity contribution is 0.102. The third kappa shape index (κ3) is 2.18. The van der Waals surface area contributed by atoms with Crippen LogP contribution in [0.3, 0.4) is 0 Å². The molecule has 7 heteroatoms. The third-order valence-electron chi connectivity index (χ3n) is 2.52. The van der Waals surface area contributed by atoms with E-state index in [4.69, 9.17) is 0 Å². The standard InChI is InChI=1S/C12H8N2O3S2/c15-8-4-2-1-3-7(8)10(16)13-12-14-11-9(18-12)5-6-19(11)17/h1-6,15H,(H,13,14,16). The number of phenols is 1. The first kappa shape index (κ1) is 12.1. The molecule has 1 aliphatic rings. The summed E-state index contributed by atoms with van der Waals surface area (Å²) in [6.07, 6.45) is 1.72. The van der Waals surface area contributed by atoms with Crippen LogP contribution in [0, 0.1) is 0 Å². The molecule has 96 valence electrons. The van der Waals surface area contributed by atoms with Gasteiger partial charge in [0.2, 0.25) is 0 Å². The van der Waals surface area contributed by atoms with Crippen LogP contribution in [-0.2, 0) is 10.8 Å². The molecule has 1 aromatic heterocycles. The highest BCUT2D eigenvalue weighted by Crippen LogP contribution is 2.32. The van der Waals surface area contributed by atoms with Gasteiger partial charge in [0.15, 0.2) is 10.2 Å². The van der Waals surface area contributed by atoms with Crippen molar-refractivity contribution in [1.82, 2.24) is 4.98 Å². The summed E-state index contributed by atoms with van der Waals surface area (Å²) >= 11 is 1.25. The summed E-state index contributed by atoms with van der Waals surface area (Å²) in [5.41, 5.74) is 0.175. The van der Waals surface area contributed by atoms with E-state index in [0.717, 1.165) is 4.88 Å². The van der Waals surface area contributed by atoms with Crippen molar-refractivity contribution in [2.45, 2.75) is 5.03 Å². The van der Waals surface area contributed by atoms with Gasteiger partial charge in [0.25, 0.3) is 5.91 Å². The smallest absolute Gasteiger partial charge is 0.261 e. The van der Waals surface area contributed by atoms with Crippen LogP contribution in [0.1, 0.15) is 15.2 Å². The van der Waals surface area contributed by atoms with Gasteiger partial charge < -0.3 is 5.11 Å². The lowest BCUT2D eigenvalue weighted by atomic mass is 10.2. The number of aromatic nitrogens is 1. The molecule has 3 rings (SSSR count). The van der Waals surface area contributed by atoms with E-state index >= 15 is 0 Å². The number of thiazole rings is 1. The van der Waals surface area contributed by atoms with Gasteiger partial charge in [-0.05, 0) is 18.2 Å². The normalized spacial score (nSPS) is 16.3. The quantitative estimate of drug-likeness (QED) is 0.889. The molecule has 0 fully saturated rings. The average Bonchev–Trinajstić information content (AvgIpc) is 2.92. The molecule has 0 radical (unpaired) electrons. The van der Waals surface area contributed by atoms with Crippen molar-refractivity contribution in [3.63, 3.8) is 0 Å². The first-order chi connectivity index (χ1) is 9.15. The third-order valence-corrected chi connectivity index (χ3v) is 4.66. The van der Waals surface area contributed by atoms with E-state index in [0.29, 0.717) is 10.2 Å². The molecule has 2 N–H and O–H groups in total. The molecule has 0 bridgehead atoms. The van der Waals surface area contributed by atoms with Crippen molar-refractivity contribution in [2.75, 3.05) is 5.32 Å². The molecule has 1 atom stereocenters. The molecule has 2 aromatic rings. The van der Waals surface area contributed by atoms with E-state index in [1.807, 2.05) is 0 Å². The molecule has 1 amide bonds. The zero-order chi connectivity index (χ0) is 13.4. The van der Waals surface area contributed by atoms with E-state index < -0.39 is 16.7 Å². The number of phenolic OH excluding ortho intramolecular Hbond substituents is 1. The maximum absolute atomic E-state index is 11.9. The Morgan fingerprint density at radius 3 is 2.89 bits per heavy atom. The van der Waals surface area contributed by atoms with E-state index in [-0.39, 0.29) is 11.3 Å². The number of carbonyl (C=O) groups excluding carboxylic acids is 1. The Morgan fingerprint density at radius 2 is 2.16 bits per heavy atom. The van der Waals surface area contributed by atoms with Gasteiger partial charge in [-0.25, -0.2) is 9.19 Å². The number of nitrogens with one attached hydrogen (secondary N) is 1. The number of carbonyl (C=O) groups is 1. The Balaban J connectivity index is 1.85. The lowest BCUT2D eigenvalue weighted by Gasteiger charge is -2.03. The van der Waals surface area contributed by atoms with Gasteiger partial charge in [0.05, 0.1) is 21.2 Å². The number of fused-ring (bicyclic) bond motifs is 1. The number of nitrogens with zero attached hydrogens (tertiary/aromatic N) is 1. The van der Waals surface area contributed by atoms with E-state index in [1.54, 1.807) is 23.6 Å². The van der Waals surface area contributed by atoms with Gasteiger partial charge in [-0.2, -0.15) is 0 Å². The summed E-state index contributed by atoms with van der Waals surface area (Å²) in [6.45, 7) is 0. The van der Waals surface area contributed by atoms with E-state index in [1.165, 1.54) is 23.5 Å². The van der Waals surface area contributed by atoms with Crippen LogP contribution < -0.4 is 5.32 Å². The summed E-state index contributed by atoms with van der Waals surface area (Å²) in [6, 6.07) is 6.25. The fourth-order valence-electron chi connectivity index (χ4n) is 1.64. The van der Waals surface area contributed by atoms with Crippen molar-refractivity contribution in [2.24, 2.45) is 0 Å². The number of rotatable bonds is 2. The van der Waals surface area contributed by atoms with Gasteiger partial charge in [-0.1, -0.05) is 23.5 Å². The summed E-state index contributed by atoms with van der Waals surface area (Å²) < 4.78 is 11.5. The minimum atomic E-state index is -1.22. The Hall–Kier alpha value is -1.99. The first-order valence-corrected chi connectivity index (χ1v) is 7.37. The van der Waals surface area contributed by atoms with Gasteiger partial charge in [0.1, 0.15) is 5.75 Å². The Labute approximate surface area is 115 Å². The number of aromatic hydroxyl groups is 1. The minimum Gasteiger partial charge on any atom is -0.507 e. The first-order valence-electron chi connectivity index (χ1n) is 5.34. The second-order valence-corrected chi connectivity index (χ2v) is 6.04. The van der Waals surface area contributed by atoms with Crippen LogP contribution in [0.4, 0.5) is 5.13 Å². The van der Waals surface area contributed by atoms with Crippen LogP contribution in [0.2, 0.25) is 0 Å².